The summed E-state index contributed by atoms with van der Waals surface area (Å²) in [6.07, 6.45) is 0.0318. The van der Waals surface area contributed by atoms with E-state index in [1.54, 1.807) is 0 Å². The van der Waals surface area contributed by atoms with Gasteiger partial charge in [-0.1, -0.05) is 5.11 Å². The van der Waals surface area contributed by atoms with Crippen molar-refractivity contribution in [1.29, 1.82) is 0 Å². The number of nitrogens with two attached hydrogens (primary N) is 1. The highest BCUT2D eigenvalue weighted by atomic mass is 32.2. The first-order chi connectivity index (χ1) is 9.20. The van der Waals surface area contributed by atoms with Crippen LogP contribution in [0.1, 0.15) is 5.56 Å². The fraction of sp³-hybridized carbons (Fsp3) is 0.300. The molecule has 108 valence electrons. The molecule has 10 heteroatoms. The Morgan fingerprint density at radius 1 is 1.50 bits per heavy atom. The Kier molecular flexibility index (Phi) is 3.36. The smallest absolute Gasteiger partial charge is 0.356 e. The number of benzene rings is 1. The van der Waals surface area contributed by atoms with Crippen LogP contribution in [0.15, 0.2) is 22.4 Å². The number of nitrogens with zero attached hydrogens (tertiary/aromatic N) is 3. The lowest BCUT2D eigenvalue weighted by Gasteiger charge is -2.19. The minimum atomic E-state index is -4.25. The van der Waals surface area contributed by atoms with Crippen molar-refractivity contribution in [2.24, 2.45) is 16.0 Å². The van der Waals surface area contributed by atoms with Crippen molar-refractivity contribution in [2.45, 2.75) is 11.8 Å². The molecule has 1 aromatic carbocycles. The Bertz CT molecular complexity index is 700. The Hall–Kier alpha value is -2.20. The number of likely N-dealkylation sites (N-methyl/N-ethyl adjacent to an activating group) is 1. The summed E-state index contributed by atoms with van der Waals surface area (Å²) in [5.74, 6) is -0.281. The molecule has 0 saturated carbocycles. The maximum absolute atomic E-state index is 11.2. The highest BCUT2D eigenvalue weighted by molar-refractivity contribution is 7.86. The van der Waals surface area contributed by atoms with Crippen molar-refractivity contribution in [3.8, 4) is 5.75 Å². The van der Waals surface area contributed by atoms with Gasteiger partial charge in [-0.05, 0) is 11.6 Å². The number of primary amides is 1. The number of hydrogen-bond donors (Lipinski definition) is 3. The van der Waals surface area contributed by atoms with Crippen LogP contribution in [0.2, 0.25) is 0 Å². The number of phenolic OH excluding ortho intramolecular Hbond substituents is 1. The van der Waals surface area contributed by atoms with Gasteiger partial charge in [0.15, 0.2) is 5.37 Å². The number of rotatable bonds is 2. The molecule has 1 aliphatic rings. The molecule has 2 amide bonds. The van der Waals surface area contributed by atoms with Crippen LogP contribution in [0.3, 0.4) is 0 Å². The molecule has 4 N–H and O–H groups in total. The molecule has 1 aliphatic heterocycles. The summed E-state index contributed by atoms with van der Waals surface area (Å²) >= 11 is 0. The van der Waals surface area contributed by atoms with E-state index in [1.807, 2.05) is 0 Å². The van der Waals surface area contributed by atoms with E-state index in [-0.39, 0.29) is 17.9 Å². The van der Waals surface area contributed by atoms with E-state index in [9.17, 15) is 18.3 Å². The zero-order valence-corrected chi connectivity index (χ0v) is 11.2. The van der Waals surface area contributed by atoms with Crippen molar-refractivity contribution in [1.82, 2.24) is 0 Å². The second kappa shape index (κ2) is 4.72. The van der Waals surface area contributed by atoms with Gasteiger partial charge in [0.2, 0.25) is 0 Å². The number of hydrogen-bond acceptors (Lipinski definition) is 6. The van der Waals surface area contributed by atoms with Gasteiger partial charge in [0.05, 0.1) is 0 Å². The van der Waals surface area contributed by atoms with Crippen molar-refractivity contribution in [3.63, 3.8) is 0 Å². The predicted octanol–water partition coefficient (Wildman–Crippen LogP) is 0.761. The molecule has 1 atom stereocenters. The van der Waals surface area contributed by atoms with Crippen molar-refractivity contribution < 1.29 is 22.9 Å². The zero-order chi connectivity index (χ0) is 15.1. The number of amides is 2. The lowest BCUT2D eigenvalue weighted by atomic mass is 10.1. The fourth-order valence-corrected chi connectivity index (χ4v) is 2.97. The topological polar surface area (TPSA) is 146 Å². The molecular formula is C10H12N4O5S. The van der Waals surface area contributed by atoms with Crippen LogP contribution in [0, 0.1) is 0 Å². The minimum absolute atomic E-state index is 0.00747. The van der Waals surface area contributed by atoms with Crippen molar-refractivity contribution >= 4 is 27.5 Å². The van der Waals surface area contributed by atoms with Gasteiger partial charge in [0.1, 0.15) is 11.4 Å². The molecular weight excluding hydrogens is 288 g/mol. The number of aromatic hydroxyl groups is 1. The van der Waals surface area contributed by atoms with Gasteiger partial charge in [0.25, 0.3) is 10.1 Å². The maximum Gasteiger partial charge on any atom is 0.356 e. The summed E-state index contributed by atoms with van der Waals surface area (Å²) in [5, 5.41) is 15.2. The van der Waals surface area contributed by atoms with E-state index < -0.39 is 21.5 Å². The predicted molar refractivity (Wildman–Crippen MR) is 69.6 cm³/mol. The molecule has 0 bridgehead atoms. The quantitative estimate of drug-likeness (QED) is 0.543. The van der Waals surface area contributed by atoms with Gasteiger partial charge in [-0.15, -0.1) is 5.11 Å². The van der Waals surface area contributed by atoms with Crippen LogP contribution >= 0.6 is 0 Å². The highest BCUT2D eigenvalue weighted by Crippen LogP contribution is 2.40. The van der Waals surface area contributed by atoms with Gasteiger partial charge < -0.3 is 15.7 Å². The number of anilines is 1. The normalized spacial score (nSPS) is 18.5. The van der Waals surface area contributed by atoms with E-state index >= 15 is 0 Å². The molecule has 1 aromatic rings. The highest BCUT2D eigenvalue weighted by Gasteiger charge is 2.36. The third-order valence-electron chi connectivity index (χ3n) is 2.98. The molecule has 9 nitrogen and oxygen atoms in total. The third kappa shape index (κ3) is 2.56. The Labute approximate surface area is 114 Å². The molecule has 0 spiro atoms. The molecule has 20 heavy (non-hydrogen) atoms. The van der Waals surface area contributed by atoms with Gasteiger partial charge in [-0.2, -0.15) is 8.42 Å². The van der Waals surface area contributed by atoms with Gasteiger partial charge in [-0.25, -0.2) is 4.79 Å². The van der Waals surface area contributed by atoms with Crippen molar-refractivity contribution in [2.75, 3.05) is 11.9 Å². The standard InChI is InChI=1S/C10H12N4O5S/c1-14-7-4-8(15)6(12-13-10(11)16)2-5(7)3-9(14)20(17,18)19/h2,4,9,15H,3H2,1H3,(H2,11,16)(H,17,18,19)/t9-/m0/s1. The monoisotopic (exact) mass is 300 g/mol. The third-order valence-corrected chi connectivity index (χ3v) is 4.15. The molecule has 2 rings (SSSR count). The molecule has 0 fully saturated rings. The first-order valence-electron chi connectivity index (χ1n) is 5.46. The van der Waals surface area contributed by atoms with Crippen LogP contribution < -0.4 is 10.6 Å². The Morgan fingerprint density at radius 3 is 2.70 bits per heavy atom. The Morgan fingerprint density at radius 2 is 2.15 bits per heavy atom. The number of fused-ring (bicyclic) bond motifs is 1. The number of azo groups is 1. The second-order valence-electron chi connectivity index (χ2n) is 4.29. The largest absolute Gasteiger partial charge is 0.506 e. The van der Waals surface area contributed by atoms with Crippen LogP contribution in [0.4, 0.5) is 16.2 Å². The van der Waals surface area contributed by atoms with Gasteiger partial charge >= 0.3 is 6.03 Å². The van der Waals surface area contributed by atoms with Crippen LogP contribution in [-0.2, 0) is 16.5 Å². The van der Waals surface area contributed by atoms with E-state index in [4.69, 9.17) is 10.3 Å². The lowest BCUT2D eigenvalue weighted by Crippen LogP contribution is -2.35. The van der Waals surface area contributed by atoms with Crippen LogP contribution in [0.25, 0.3) is 0 Å². The summed E-state index contributed by atoms with van der Waals surface area (Å²) in [4.78, 5) is 11.8. The Balaban J connectivity index is 2.44. The molecule has 1 heterocycles. The molecule has 0 saturated heterocycles. The summed E-state index contributed by atoms with van der Waals surface area (Å²) < 4.78 is 31.6. The molecule has 0 aromatic heterocycles. The zero-order valence-electron chi connectivity index (χ0n) is 10.4. The number of urea groups is 1. The summed E-state index contributed by atoms with van der Waals surface area (Å²) in [7, 11) is -2.77. The van der Waals surface area contributed by atoms with Gasteiger partial charge in [0, 0.05) is 25.2 Å². The van der Waals surface area contributed by atoms with E-state index in [0.717, 1.165) is 0 Å². The van der Waals surface area contributed by atoms with Gasteiger partial charge in [-0.3, -0.25) is 4.55 Å². The lowest BCUT2D eigenvalue weighted by molar-refractivity contribution is 0.255. The first kappa shape index (κ1) is 14.2. The SMILES string of the molecule is CN1c2cc(O)c(N=NC(N)=O)cc2C[C@@H]1S(=O)(=O)O. The number of carbonyl (C=O) groups is 1. The van der Waals surface area contributed by atoms with Crippen LogP contribution in [0.5, 0.6) is 5.75 Å². The number of phenols is 1. The van der Waals surface area contributed by atoms with E-state index in [1.165, 1.54) is 24.1 Å². The van der Waals surface area contributed by atoms with Crippen molar-refractivity contribution in [3.05, 3.63) is 17.7 Å². The van der Waals surface area contributed by atoms with E-state index in [2.05, 4.69) is 10.2 Å². The second-order valence-corrected chi connectivity index (χ2v) is 5.87. The van der Waals surface area contributed by atoms with E-state index in [0.29, 0.717) is 11.3 Å². The minimum Gasteiger partial charge on any atom is -0.506 e. The summed E-state index contributed by atoms with van der Waals surface area (Å²) in [6.45, 7) is 0. The molecule has 0 aliphatic carbocycles. The molecule has 0 unspecified atom stereocenters. The first-order valence-corrected chi connectivity index (χ1v) is 6.96. The van der Waals surface area contributed by atoms with Crippen LogP contribution in [-0.4, -0.2) is 36.5 Å². The number of carbonyl (C=O) groups excluding carboxylic acids is 1. The average molecular weight is 300 g/mol. The summed E-state index contributed by atoms with van der Waals surface area (Å²) in [6, 6.07) is 1.66. The summed E-state index contributed by atoms with van der Waals surface area (Å²) in [5.41, 5.74) is 5.79. The average Bonchev–Trinajstić information content (AvgIpc) is 2.63. The maximum atomic E-state index is 11.2. The molecule has 0 radical (unpaired) electrons. The fourth-order valence-electron chi connectivity index (χ4n) is 2.07.